The van der Waals surface area contributed by atoms with Gasteiger partial charge in [0.15, 0.2) is 5.78 Å². The van der Waals surface area contributed by atoms with Crippen molar-refractivity contribution in [2.45, 2.75) is 66.2 Å². The topological polar surface area (TPSA) is 17.1 Å². The highest BCUT2D eigenvalue weighted by atomic mass is 16.1. The van der Waals surface area contributed by atoms with Crippen molar-refractivity contribution in [1.29, 1.82) is 0 Å². The van der Waals surface area contributed by atoms with Crippen LogP contribution in [0.3, 0.4) is 0 Å². The van der Waals surface area contributed by atoms with Gasteiger partial charge in [-0.05, 0) is 109 Å². The third-order valence-electron chi connectivity index (χ3n) is 10.4. The number of fused-ring (bicyclic) bond motifs is 2. The van der Waals surface area contributed by atoms with Crippen LogP contribution in [0.2, 0.25) is 0 Å². The van der Waals surface area contributed by atoms with Crippen LogP contribution in [-0.2, 0) is 18.3 Å². The van der Waals surface area contributed by atoms with E-state index in [2.05, 4.69) is 169 Å². The van der Waals surface area contributed by atoms with Crippen molar-refractivity contribution < 1.29 is 4.79 Å². The van der Waals surface area contributed by atoms with Crippen LogP contribution < -0.4 is 0 Å². The summed E-state index contributed by atoms with van der Waals surface area (Å²) < 4.78 is 0. The van der Waals surface area contributed by atoms with E-state index in [9.17, 15) is 4.79 Å². The van der Waals surface area contributed by atoms with Gasteiger partial charge in [-0.15, -0.1) is 0 Å². The van der Waals surface area contributed by atoms with E-state index < -0.39 is 0 Å². The van der Waals surface area contributed by atoms with Crippen molar-refractivity contribution in [3.05, 3.63) is 161 Å². The SMILES string of the molecule is CC(C)(C)c1ccc(-c2ccc(-c3ccc4c(c3)C(=O)c3cc(-c5ccc(C6=CCC(C(C)(C)C)C=C6)cc5)ccc3CC4)cc2)cc1. The molecule has 1 atom stereocenters. The van der Waals surface area contributed by atoms with Crippen LogP contribution >= 0.6 is 0 Å². The number of benzene rings is 5. The molecule has 1 heteroatoms. The van der Waals surface area contributed by atoms with Crippen molar-refractivity contribution >= 4 is 11.4 Å². The summed E-state index contributed by atoms with van der Waals surface area (Å²) in [6, 6.07) is 39.3. The standard InChI is InChI=1S/C47H46O/c1-46(2,3)41-25-21-33(22-26-41)31-7-11-35(12-8-31)39-19-17-37-15-16-38-18-20-40(30-44(38)45(48)43(37)29-39)36-13-9-32(10-14-36)34-23-27-42(28-24-34)47(4,5)6/h7-14,17-27,29-30,42H,15-16,28H2,1-6H3. The molecular weight excluding hydrogens is 581 g/mol. The molecule has 0 saturated heterocycles. The lowest BCUT2D eigenvalue weighted by Gasteiger charge is -2.29. The molecule has 0 fully saturated rings. The molecule has 0 heterocycles. The number of hydrogen-bond acceptors (Lipinski definition) is 1. The highest BCUT2D eigenvalue weighted by Crippen LogP contribution is 2.37. The molecule has 1 nitrogen and oxygen atoms in total. The fourth-order valence-electron chi connectivity index (χ4n) is 7.13. The summed E-state index contributed by atoms with van der Waals surface area (Å²) in [4.78, 5) is 14.2. The van der Waals surface area contributed by atoms with Crippen molar-refractivity contribution in [2.24, 2.45) is 11.3 Å². The van der Waals surface area contributed by atoms with E-state index in [1.807, 2.05) is 0 Å². The molecule has 48 heavy (non-hydrogen) atoms. The second-order valence-corrected chi connectivity index (χ2v) is 15.8. The Bertz CT molecular complexity index is 2040. The molecule has 5 aromatic carbocycles. The maximum atomic E-state index is 14.2. The minimum Gasteiger partial charge on any atom is -0.289 e. The first-order valence-corrected chi connectivity index (χ1v) is 17.5. The fraction of sp³-hybridized carbons (Fsp3) is 0.255. The predicted molar refractivity (Wildman–Crippen MR) is 203 cm³/mol. The van der Waals surface area contributed by atoms with Crippen LogP contribution in [0.25, 0.3) is 39.0 Å². The lowest BCUT2D eigenvalue weighted by molar-refractivity contribution is 0.103. The number of rotatable bonds is 4. The summed E-state index contributed by atoms with van der Waals surface area (Å²) in [7, 11) is 0. The largest absolute Gasteiger partial charge is 0.289 e. The normalized spacial score (nSPS) is 16.2. The van der Waals surface area contributed by atoms with Gasteiger partial charge in [-0.25, -0.2) is 0 Å². The molecule has 2 aliphatic rings. The van der Waals surface area contributed by atoms with Gasteiger partial charge in [0.1, 0.15) is 0 Å². The Morgan fingerprint density at radius 2 is 0.938 bits per heavy atom. The average Bonchev–Trinajstić information content (AvgIpc) is 3.23. The Labute approximate surface area is 287 Å². The molecule has 0 N–H and O–H groups in total. The molecular formula is C47H46O. The molecule has 1 unspecified atom stereocenters. The summed E-state index contributed by atoms with van der Waals surface area (Å²) >= 11 is 0. The number of carbonyl (C=O) groups is 1. The Hall–Kier alpha value is -4.75. The second kappa shape index (κ2) is 12.4. The molecule has 240 valence electrons. The maximum absolute atomic E-state index is 14.2. The lowest BCUT2D eigenvalue weighted by Crippen LogP contribution is -2.19. The summed E-state index contributed by atoms with van der Waals surface area (Å²) in [5.74, 6) is 0.695. The van der Waals surface area contributed by atoms with E-state index in [0.29, 0.717) is 5.92 Å². The van der Waals surface area contributed by atoms with Crippen LogP contribution in [0.4, 0.5) is 0 Å². The summed E-state index contributed by atoms with van der Waals surface area (Å²) in [6.45, 7) is 13.7. The number of ketones is 1. The smallest absolute Gasteiger partial charge is 0.193 e. The molecule has 7 rings (SSSR count). The van der Waals surface area contributed by atoms with E-state index in [4.69, 9.17) is 0 Å². The Kier molecular flexibility index (Phi) is 8.20. The van der Waals surface area contributed by atoms with Gasteiger partial charge in [0.05, 0.1) is 0 Å². The molecule has 0 radical (unpaired) electrons. The van der Waals surface area contributed by atoms with E-state index in [1.165, 1.54) is 27.8 Å². The number of allylic oxidation sites excluding steroid dienone is 4. The molecule has 0 spiro atoms. The summed E-state index contributed by atoms with van der Waals surface area (Å²) in [5.41, 5.74) is 15.0. The highest BCUT2D eigenvalue weighted by molar-refractivity contribution is 6.12. The van der Waals surface area contributed by atoms with Gasteiger partial charge < -0.3 is 0 Å². The van der Waals surface area contributed by atoms with E-state index in [-0.39, 0.29) is 16.6 Å². The molecule has 0 saturated carbocycles. The number of carbonyl (C=O) groups excluding carboxylic acids is 1. The first-order chi connectivity index (χ1) is 22.9. The van der Waals surface area contributed by atoms with Crippen molar-refractivity contribution in [3.8, 4) is 33.4 Å². The third-order valence-corrected chi connectivity index (χ3v) is 10.4. The third kappa shape index (κ3) is 6.39. The Balaban J connectivity index is 1.12. The van der Waals surface area contributed by atoms with Crippen LogP contribution in [0.1, 0.15) is 86.1 Å². The van der Waals surface area contributed by atoms with Crippen LogP contribution in [-0.4, -0.2) is 5.78 Å². The first kappa shape index (κ1) is 31.8. The molecule has 0 aromatic heterocycles. The number of aryl methyl sites for hydroxylation is 2. The van der Waals surface area contributed by atoms with Gasteiger partial charge in [-0.2, -0.15) is 0 Å². The van der Waals surface area contributed by atoms with Gasteiger partial charge in [-0.1, -0.05) is 157 Å². The first-order valence-electron chi connectivity index (χ1n) is 17.5. The van der Waals surface area contributed by atoms with Crippen LogP contribution in [0.5, 0.6) is 0 Å². The predicted octanol–water partition coefficient (Wildman–Crippen LogP) is 12.3. The zero-order chi connectivity index (χ0) is 33.6. The van der Waals surface area contributed by atoms with Gasteiger partial charge in [0.25, 0.3) is 0 Å². The Morgan fingerprint density at radius 3 is 1.35 bits per heavy atom. The minimum atomic E-state index is 0.124. The van der Waals surface area contributed by atoms with Gasteiger partial charge >= 0.3 is 0 Å². The summed E-state index contributed by atoms with van der Waals surface area (Å²) in [5, 5.41) is 0. The summed E-state index contributed by atoms with van der Waals surface area (Å²) in [6.07, 6.45) is 9.83. The van der Waals surface area contributed by atoms with Crippen molar-refractivity contribution in [1.82, 2.24) is 0 Å². The Morgan fingerprint density at radius 1 is 0.521 bits per heavy atom. The van der Waals surface area contributed by atoms with E-state index >= 15 is 0 Å². The van der Waals surface area contributed by atoms with Gasteiger partial charge in [-0.3, -0.25) is 4.79 Å². The second-order valence-electron chi connectivity index (χ2n) is 15.8. The monoisotopic (exact) mass is 626 g/mol. The fourth-order valence-corrected chi connectivity index (χ4v) is 7.13. The number of hydrogen-bond donors (Lipinski definition) is 0. The minimum absolute atomic E-state index is 0.124. The highest BCUT2D eigenvalue weighted by Gasteiger charge is 2.24. The lowest BCUT2D eigenvalue weighted by atomic mass is 9.76. The average molecular weight is 627 g/mol. The molecule has 2 aliphatic carbocycles. The molecule has 0 amide bonds. The molecule has 5 aromatic rings. The van der Waals surface area contributed by atoms with E-state index in [1.54, 1.807) is 0 Å². The zero-order valence-corrected chi connectivity index (χ0v) is 29.2. The van der Waals surface area contributed by atoms with Gasteiger partial charge in [0, 0.05) is 11.1 Å². The maximum Gasteiger partial charge on any atom is 0.193 e. The van der Waals surface area contributed by atoms with Crippen LogP contribution in [0, 0.1) is 11.3 Å². The quantitative estimate of drug-likeness (QED) is 0.194. The van der Waals surface area contributed by atoms with E-state index in [0.717, 1.165) is 63.8 Å². The van der Waals surface area contributed by atoms with Gasteiger partial charge in [0.2, 0.25) is 0 Å². The van der Waals surface area contributed by atoms with Crippen molar-refractivity contribution in [3.63, 3.8) is 0 Å². The van der Waals surface area contributed by atoms with Crippen LogP contribution in [0.15, 0.2) is 127 Å². The molecule has 0 bridgehead atoms. The zero-order valence-electron chi connectivity index (χ0n) is 29.2. The molecule has 0 aliphatic heterocycles. The van der Waals surface area contributed by atoms with Crippen molar-refractivity contribution in [2.75, 3.05) is 0 Å².